The number of hydrogen-bond donors (Lipinski definition) is 2. The van der Waals surface area contributed by atoms with Gasteiger partial charge in [-0.1, -0.05) is 6.07 Å². The molecule has 2 aromatic heterocycles. The number of likely N-dealkylation sites (tertiary alicyclic amines) is 1. The largest absolute Gasteiger partial charge is 0.461 e. The first-order valence-corrected chi connectivity index (χ1v) is 14.6. The highest BCUT2D eigenvalue weighted by atomic mass is 16.5. The lowest BCUT2D eigenvalue weighted by Gasteiger charge is -2.32. The van der Waals surface area contributed by atoms with Gasteiger partial charge in [-0.25, -0.2) is 4.98 Å². The Morgan fingerprint density at radius 1 is 1.20 bits per heavy atom. The van der Waals surface area contributed by atoms with Crippen LogP contribution in [-0.4, -0.2) is 67.3 Å². The van der Waals surface area contributed by atoms with Gasteiger partial charge in [0.1, 0.15) is 18.0 Å². The summed E-state index contributed by atoms with van der Waals surface area (Å²) in [5, 5.41) is 13.4. The van der Waals surface area contributed by atoms with E-state index in [4.69, 9.17) is 9.72 Å². The van der Waals surface area contributed by atoms with Crippen LogP contribution in [0.5, 0.6) is 0 Å². The molecular formula is C31H41N5O5. The summed E-state index contributed by atoms with van der Waals surface area (Å²) in [6, 6.07) is 7.10. The summed E-state index contributed by atoms with van der Waals surface area (Å²) < 4.78 is 9.32. The van der Waals surface area contributed by atoms with Crippen molar-refractivity contribution in [1.29, 1.82) is 0 Å². The number of aryl methyl sites for hydroxylation is 2. The van der Waals surface area contributed by atoms with Crippen LogP contribution in [-0.2, 0) is 34.5 Å². The van der Waals surface area contributed by atoms with Crippen LogP contribution in [0.25, 0.3) is 22.4 Å². The van der Waals surface area contributed by atoms with Crippen LogP contribution >= 0.6 is 0 Å². The van der Waals surface area contributed by atoms with Gasteiger partial charge in [-0.2, -0.15) is 0 Å². The lowest BCUT2D eigenvalue weighted by molar-refractivity contribution is -0.158. The number of nitrogens with one attached hydrogen (secondary N) is 1. The van der Waals surface area contributed by atoms with Gasteiger partial charge in [0.2, 0.25) is 5.91 Å². The fourth-order valence-corrected chi connectivity index (χ4v) is 5.85. The highest BCUT2D eigenvalue weighted by Crippen LogP contribution is 2.29. The number of ether oxygens (including phenoxy) is 1. The third-order valence-electron chi connectivity index (χ3n) is 8.44. The summed E-state index contributed by atoms with van der Waals surface area (Å²) in [5.41, 5.74) is 4.15. The van der Waals surface area contributed by atoms with Gasteiger partial charge in [0.05, 0.1) is 17.1 Å². The topological polar surface area (TPSA) is 119 Å². The number of fused-ring (bicyclic) bond motifs is 1. The Kier molecular flexibility index (Phi) is 8.60. The Morgan fingerprint density at radius 3 is 2.63 bits per heavy atom. The van der Waals surface area contributed by atoms with Gasteiger partial charge in [-0.05, 0) is 75.6 Å². The Hall–Kier alpha value is -3.50. The van der Waals surface area contributed by atoms with Crippen molar-refractivity contribution < 1.29 is 19.4 Å². The number of amides is 1. The number of esters is 1. The minimum Gasteiger partial charge on any atom is -0.461 e. The number of rotatable bonds is 9. The molecule has 220 valence electrons. The fourth-order valence-electron chi connectivity index (χ4n) is 5.85. The number of carbonyl (C=O) groups excluding carboxylic acids is 2. The van der Waals surface area contributed by atoms with Crippen LogP contribution in [0, 0.1) is 12.8 Å². The van der Waals surface area contributed by atoms with Crippen LogP contribution < -0.4 is 10.9 Å². The predicted molar refractivity (Wildman–Crippen MR) is 156 cm³/mol. The van der Waals surface area contributed by atoms with Crippen LogP contribution in [0.15, 0.2) is 35.3 Å². The third-order valence-corrected chi connectivity index (χ3v) is 8.44. The maximum Gasteiger partial charge on any atom is 0.326 e. The van der Waals surface area contributed by atoms with Crippen molar-refractivity contribution in [2.24, 2.45) is 13.0 Å². The van der Waals surface area contributed by atoms with Gasteiger partial charge in [-0.15, -0.1) is 0 Å². The van der Waals surface area contributed by atoms with Crippen LogP contribution in [0.1, 0.15) is 57.1 Å². The van der Waals surface area contributed by atoms with E-state index in [0.29, 0.717) is 25.2 Å². The molecule has 2 N–H and O–H groups in total. The monoisotopic (exact) mass is 563 g/mol. The van der Waals surface area contributed by atoms with Gasteiger partial charge >= 0.3 is 5.97 Å². The predicted octanol–water partition coefficient (Wildman–Crippen LogP) is 2.90. The number of hydrogen-bond acceptors (Lipinski definition) is 7. The van der Waals surface area contributed by atoms with Crippen molar-refractivity contribution in [3.8, 4) is 11.4 Å². The first-order valence-electron chi connectivity index (χ1n) is 14.6. The lowest BCUT2D eigenvalue weighted by Crippen LogP contribution is -2.47. The van der Waals surface area contributed by atoms with E-state index < -0.39 is 18.1 Å². The number of pyridine rings is 1. The highest BCUT2D eigenvalue weighted by Gasteiger charge is 2.30. The molecule has 1 saturated heterocycles. The van der Waals surface area contributed by atoms with Crippen molar-refractivity contribution in [2.75, 3.05) is 13.1 Å². The molecule has 5 rings (SSSR count). The quantitative estimate of drug-likeness (QED) is 0.384. The molecule has 3 heterocycles. The summed E-state index contributed by atoms with van der Waals surface area (Å²) in [5.74, 6) is 0.736. The third kappa shape index (κ3) is 6.38. The Bertz CT molecular complexity index is 1460. The maximum atomic E-state index is 12.7. The average Bonchev–Trinajstić information content (AvgIpc) is 3.26. The average molecular weight is 564 g/mol. The van der Waals surface area contributed by atoms with E-state index in [1.807, 2.05) is 42.3 Å². The normalized spacial score (nSPS) is 19.1. The molecule has 10 heteroatoms. The van der Waals surface area contributed by atoms with E-state index >= 15 is 0 Å². The second-order valence-electron chi connectivity index (χ2n) is 11.8. The zero-order valence-electron chi connectivity index (χ0n) is 24.4. The standard InChI is InChI=1S/C31H41N5O5/c1-19-13-24(18-34(4)30(19)39)29-33-26-14-22(15-32-28(20(2)37)31(40)41-25-8-5-9-25)10-11-27(26)36(29)17-23-7-6-12-35(16-23)21(3)38/h10-11,13-14,18,20,23,25,28,32,37H,5-9,12,15-17H2,1-4H3/t20-,23?,28+/m1/s1. The number of aliphatic hydroxyl groups excluding tert-OH is 1. The molecule has 1 saturated carbocycles. The summed E-state index contributed by atoms with van der Waals surface area (Å²) in [6.45, 7) is 7.59. The fraction of sp³-hybridized carbons (Fsp3) is 0.548. The molecule has 3 atom stereocenters. The zero-order valence-corrected chi connectivity index (χ0v) is 24.4. The number of carbonyl (C=O) groups is 2. The first-order chi connectivity index (χ1) is 19.6. The van der Waals surface area contributed by atoms with E-state index in [2.05, 4.69) is 9.88 Å². The van der Waals surface area contributed by atoms with E-state index in [0.717, 1.165) is 66.6 Å². The Morgan fingerprint density at radius 2 is 1.98 bits per heavy atom. The summed E-state index contributed by atoms with van der Waals surface area (Å²) in [7, 11) is 1.75. The molecule has 1 aliphatic heterocycles. The Balaban J connectivity index is 1.44. The molecule has 2 aliphatic rings. The second-order valence-corrected chi connectivity index (χ2v) is 11.8. The highest BCUT2D eigenvalue weighted by molar-refractivity contribution is 5.81. The molecule has 0 spiro atoms. The smallest absolute Gasteiger partial charge is 0.326 e. The van der Waals surface area contributed by atoms with Crippen molar-refractivity contribution >= 4 is 22.9 Å². The zero-order chi connectivity index (χ0) is 29.3. The maximum absolute atomic E-state index is 12.7. The molecule has 3 aromatic rings. The van der Waals surface area contributed by atoms with Gasteiger partial charge in [0, 0.05) is 57.5 Å². The minimum absolute atomic E-state index is 0.0438. The summed E-state index contributed by atoms with van der Waals surface area (Å²) >= 11 is 0. The SMILES string of the molecule is CC(=O)N1CCCC(Cn2c(-c3cc(C)c(=O)n(C)c3)nc3cc(CN[C@H](C(=O)OC4CCC4)[C@@H](C)O)ccc32)C1. The molecule has 1 aromatic carbocycles. The molecule has 41 heavy (non-hydrogen) atoms. The molecule has 10 nitrogen and oxygen atoms in total. The van der Waals surface area contributed by atoms with E-state index in [1.165, 1.54) is 0 Å². The van der Waals surface area contributed by atoms with Crippen molar-refractivity contribution in [3.05, 3.63) is 51.9 Å². The van der Waals surface area contributed by atoms with Crippen LogP contribution in [0.4, 0.5) is 0 Å². The first kappa shape index (κ1) is 29.0. The van der Waals surface area contributed by atoms with Crippen LogP contribution in [0.2, 0.25) is 0 Å². The number of benzene rings is 1. The minimum atomic E-state index is -0.893. The number of aromatic nitrogens is 3. The van der Waals surface area contributed by atoms with E-state index in [-0.39, 0.29) is 23.5 Å². The molecule has 0 bridgehead atoms. The molecule has 2 fully saturated rings. The number of nitrogens with zero attached hydrogens (tertiary/aromatic N) is 4. The van der Waals surface area contributed by atoms with E-state index in [1.54, 1.807) is 25.5 Å². The molecular weight excluding hydrogens is 522 g/mol. The number of aliphatic hydroxyl groups is 1. The Labute approximate surface area is 240 Å². The number of piperidine rings is 1. The van der Waals surface area contributed by atoms with E-state index in [9.17, 15) is 19.5 Å². The van der Waals surface area contributed by atoms with Crippen molar-refractivity contribution in [3.63, 3.8) is 0 Å². The molecule has 1 amide bonds. The van der Waals surface area contributed by atoms with Gasteiger partial charge < -0.3 is 23.9 Å². The second kappa shape index (κ2) is 12.2. The number of imidazole rings is 1. The summed E-state index contributed by atoms with van der Waals surface area (Å²) in [6.07, 6.45) is 5.69. The van der Waals surface area contributed by atoms with Gasteiger partial charge in [0.15, 0.2) is 0 Å². The molecule has 1 aliphatic carbocycles. The van der Waals surface area contributed by atoms with Gasteiger partial charge in [0.25, 0.3) is 5.56 Å². The molecule has 0 radical (unpaired) electrons. The lowest BCUT2D eigenvalue weighted by atomic mass is 9.96. The summed E-state index contributed by atoms with van der Waals surface area (Å²) in [4.78, 5) is 44.1. The van der Waals surface area contributed by atoms with Crippen LogP contribution in [0.3, 0.4) is 0 Å². The molecule has 1 unspecified atom stereocenters. The van der Waals surface area contributed by atoms with Crippen molar-refractivity contribution in [2.45, 2.75) is 84.2 Å². The van der Waals surface area contributed by atoms with Crippen molar-refractivity contribution in [1.82, 2.24) is 24.3 Å². The van der Waals surface area contributed by atoms with Gasteiger partial charge in [-0.3, -0.25) is 19.7 Å².